The Kier molecular flexibility index (Phi) is 10.0. The summed E-state index contributed by atoms with van der Waals surface area (Å²) < 4.78 is 26.6. The van der Waals surface area contributed by atoms with Crippen molar-refractivity contribution in [2.75, 3.05) is 17.1 Å². The molecule has 0 saturated heterocycles. The number of nitrogens with one attached hydrogen (secondary N) is 1. The second-order valence-electron chi connectivity index (χ2n) is 8.78. The first-order valence-electron chi connectivity index (χ1n) is 11.3. The number of halogens is 2. The average molecular weight is 543 g/mol. The molecule has 1 N–H and O–H groups in total. The fourth-order valence-electron chi connectivity index (χ4n) is 3.48. The summed E-state index contributed by atoms with van der Waals surface area (Å²) >= 11 is 12.7. The molecule has 0 heterocycles. The molecule has 0 spiro atoms. The minimum Gasteiger partial charge on any atom is -0.352 e. The fraction of sp³-hybridized carbons (Fsp3) is 0.440. The number of rotatable bonds is 10. The maximum absolute atomic E-state index is 13.7. The van der Waals surface area contributed by atoms with Crippen molar-refractivity contribution in [1.82, 2.24) is 10.2 Å². The predicted octanol–water partition coefficient (Wildman–Crippen LogP) is 4.71. The zero-order valence-electron chi connectivity index (χ0n) is 20.9. The third-order valence-electron chi connectivity index (χ3n) is 5.87. The maximum atomic E-state index is 13.7. The Labute approximate surface area is 218 Å². The summed E-state index contributed by atoms with van der Waals surface area (Å²) in [6.45, 7) is 8.50. The maximum Gasteiger partial charge on any atom is 0.244 e. The summed E-state index contributed by atoms with van der Waals surface area (Å²) in [7, 11) is -3.81. The van der Waals surface area contributed by atoms with Gasteiger partial charge in [-0.2, -0.15) is 0 Å². The number of benzene rings is 2. The van der Waals surface area contributed by atoms with Crippen LogP contribution in [-0.4, -0.2) is 50.0 Å². The van der Waals surface area contributed by atoms with Crippen LogP contribution < -0.4 is 9.62 Å². The molecule has 35 heavy (non-hydrogen) atoms. The first kappa shape index (κ1) is 28.9. The number of aryl methyl sites for hydroxylation is 2. The zero-order valence-corrected chi connectivity index (χ0v) is 23.3. The molecule has 0 aliphatic heterocycles. The van der Waals surface area contributed by atoms with E-state index < -0.39 is 28.5 Å². The van der Waals surface area contributed by atoms with Crippen LogP contribution in [0.3, 0.4) is 0 Å². The fourth-order valence-corrected chi connectivity index (χ4v) is 4.90. The second kappa shape index (κ2) is 12.1. The molecule has 0 saturated carbocycles. The lowest BCUT2D eigenvalue weighted by Gasteiger charge is -2.32. The number of carbonyl (C=O) groups excluding carboxylic acids is 2. The van der Waals surface area contributed by atoms with Crippen molar-refractivity contribution in [3.05, 3.63) is 63.1 Å². The van der Waals surface area contributed by atoms with Crippen LogP contribution in [0.25, 0.3) is 0 Å². The van der Waals surface area contributed by atoms with Crippen LogP contribution in [0.15, 0.2) is 36.4 Å². The van der Waals surface area contributed by atoms with Crippen molar-refractivity contribution >= 4 is 50.7 Å². The van der Waals surface area contributed by atoms with Crippen molar-refractivity contribution < 1.29 is 18.0 Å². The van der Waals surface area contributed by atoms with Gasteiger partial charge in [-0.25, -0.2) is 8.42 Å². The lowest BCUT2D eigenvalue weighted by Crippen LogP contribution is -2.52. The average Bonchev–Trinajstić information content (AvgIpc) is 2.77. The highest BCUT2D eigenvalue weighted by Gasteiger charge is 2.31. The van der Waals surface area contributed by atoms with Gasteiger partial charge in [0.2, 0.25) is 21.8 Å². The molecule has 2 unspecified atom stereocenters. The number of anilines is 1. The van der Waals surface area contributed by atoms with Crippen molar-refractivity contribution in [3.8, 4) is 0 Å². The predicted molar refractivity (Wildman–Crippen MR) is 142 cm³/mol. The largest absolute Gasteiger partial charge is 0.352 e. The van der Waals surface area contributed by atoms with E-state index in [9.17, 15) is 18.0 Å². The topological polar surface area (TPSA) is 86.8 Å². The van der Waals surface area contributed by atoms with Crippen LogP contribution >= 0.6 is 23.2 Å². The molecule has 10 heteroatoms. The molecule has 2 amide bonds. The lowest BCUT2D eigenvalue weighted by molar-refractivity contribution is -0.139. The molecule has 0 aromatic heterocycles. The first-order valence-corrected chi connectivity index (χ1v) is 13.9. The van der Waals surface area contributed by atoms with Gasteiger partial charge < -0.3 is 10.2 Å². The minimum atomic E-state index is -3.81. The quantitative estimate of drug-likeness (QED) is 0.471. The Morgan fingerprint density at radius 3 is 2.20 bits per heavy atom. The SMILES string of the molecule is CCC(C)NC(=O)C(C)N(Cc1c(Cl)cccc1Cl)C(=O)CN(c1cc(C)ccc1C)S(C)(=O)=O. The molecule has 0 radical (unpaired) electrons. The van der Waals surface area contributed by atoms with Gasteiger partial charge >= 0.3 is 0 Å². The smallest absolute Gasteiger partial charge is 0.244 e. The minimum absolute atomic E-state index is 0.0587. The van der Waals surface area contributed by atoms with E-state index in [-0.39, 0.29) is 18.5 Å². The van der Waals surface area contributed by atoms with Gasteiger partial charge in [0.1, 0.15) is 12.6 Å². The van der Waals surface area contributed by atoms with Crippen molar-refractivity contribution in [2.24, 2.45) is 0 Å². The van der Waals surface area contributed by atoms with Gasteiger partial charge in [-0.3, -0.25) is 13.9 Å². The molecule has 2 aromatic carbocycles. The van der Waals surface area contributed by atoms with Gasteiger partial charge in [0.25, 0.3) is 0 Å². The van der Waals surface area contributed by atoms with Crippen LogP contribution in [0.5, 0.6) is 0 Å². The van der Waals surface area contributed by atoms with Gasteiger partial charge in [-0.05, 0) is 63.4 Å². The van der Waals surface area contributed by atoms with Crippen LogP contribution in [0, 0.1) is 13.8 Å². The van der Waals surface area contributed by atoms with E-state index in [1.807, 2.05) is 26.8 Å². The summed E-state index contributed by atoms with van der Waals surface area (Å²) in [5, 5.41) is 3.57. The van der Waals surface area contributed by atoms with Gasteiger partial charge in [0.05, 0.1) is 11.9 Å². The summed E-state index contributed by atoms with van der Waals surface area (Å²) in [5.41, 5.74) is 2.45. The summed E-state index contributed by atoms with van der Waals surface area (Å²) in [6.07, 6.45) is 1.77. The van der Waals surface area contributed by atoms with E-state index in [1.165, 1.54) is 4.90 Å². The molecular formula is C25H33Cl2N3O4S. The lowest BCUT2D eigenvalue weighted by atomic mass is 10.1. The van der Waals surface area contributed by atoms with Crippen LogP contribution in [-0.2, 0) is 26.2 Å². The number of hydrogen-bond acceptors (Lipinski definition) is 4. The van der Waals surface area contributed by atoms with Crippen LogP contribution in [0.1, 0.15) is 43.9 Å². The Balaban J connectivity index is 2.49. The van der Waals surface area contributed by atoms with E-state index in [2.05, 4.69) is 5.32 Å². The Morgan fingerprint density at radius 2 is 1.66 bits per heavy atom. The second-order valence-corrected chi connectivity index (χ2v) is 11.5. The number of carbonyl (C=O) groups is 2. The molecule has 0 fully saturated rings. The van der Waals surface area contributed by atoms with Crippen LogP contribution in [0.4, 0.5) is 5.69 Å². The monoisotopic (exact) mass is 541 g/mol. The summed E-state index contributed by atoms with van der Waals surface area (Å²) in [4.78, 5) is 27.9. The summed E-state index contributed by atoms with van der Waals surface area (Å²) in [6, 6.07) is 9.38. The normalized spacial score (nSPS) is 13.1. The van der Waals surface area contributed by atoms with E-state index in [0.29, 0.717) is 26.9 Å². The third-order valence-corrected chi connectivity index (χ3v) is 7.71. The number of amides is 2. The summed E-state index contributed by atoms with van der Waals surface area (Å²) in [5.74, 6) is -0.910. The Hall–Kier alpha value is -2.29. The molecule has 2 rings (SSSR count). The molecule has 0 bridgehead atoms. The van der Waals surface area contributed by atoms with Gasteiger partial charge in [0, 0.05) is 28.2 Å². The zero-order chi connectivity index (χ0) is 26.5. The Bertz CT molecular complexity index is 1170. The molecule has 2 aromatic rings. The van der Waals surface area contributed by atoms with Gasteiger partial charge in [0.15, 0.2) is 0 Å². The molecule has 0 aliphatic carbocycles. The first-order chi connectivity index (χ1) is 16.3. The molecule has 2 atom stereocenters. The Morgan fingerprint density at radius 1 is 1.06 bits per heavy atom. The van der Waals surface area contributed by atoms with Crippen molar-refractivity contribution in [1.29, 1.82) is 0 Å². The molecule has 7 nitrogen and oxygen atoms in total. The standard InChI is InChI=1S/C25H33Cl2N3O4S/c1-7-18(4)28-25(32)19(5)29(14-20-21(26)9-8-10-22(20)27)24(31)15-30(35(6,33)34)23-13-16(2)11-12-17(23)3/h8-13,18-19H,7,14-15H2,1-6H3,(H,28,32). The molecule has 192 valence electrons. The molecular weight excluding hydrogens is 509 g/mol. The van der Waals surface area contributed by atoms with Gasteiger partial charge in [-0.1, -0.05) is 48.3 Å². The van der Waals surface area contributed by atoms with Crippen molar-refractivity contribution in [2.45, 2.75) is 59.7 Å². The van der Waals surface area contributed by atoms with E-state index >= 15 is 0 Å². The van der Waals surface area contributed by atoms with E-state index in [4.69, 9.17) is 23.2 Å². The number of hydrogen-bond donors (Lipinski definition) is 1. The highest BCUT2D eigenvalue weighted by atomic mass is 35.5. The number of sulfonamides is 1. The van der Waals surface area contributed by atoms with Crippen LogP contribution in [0.2, 0.25) is 10.0 Å². The van der Waals surface area contributed by atoms with E-state index in [0.717, 1.165) is 22.5 Å². The third kappa shape index (κ3) is 7.59. The highest BCUT2D eigenvalue weighted by molar-refractivity contribution is 7.92. The molecule has 0 aliphatic rings. The van der Waals surface area contributed by atoms with Crippen molar-refractivity contribution in [3.63, 3.8) is 0 Å². The van der Waals surface area contributed by atoms with Gasteiger partial charge in [-0.15, -0.1) is 0 Å². The number of nitrogens with zero attached hydrogens (tertiary/aromatic N) is 2. The highest BCUT2D eigenvalue weighted by Crippen LogP contribution is 2.28. The van der Waals surface area contributed by atoms with E-state index in [1.54, 1.807) is 44.2 Å².